The normalized spacial score (nSPS) is 9.29. The quantitative estimate of drug-likeness (QED) is 0.383. The number of thiocarbonyl (C=S) groups is 1. The van der Waals surface area contributed by atoms with Crippen molar-refractivity contribution in [3.63, 3.8) is 0 Å². The van der Waals surface area contributed by atoms with Gasteiger partial charge in [-0.05, 0) is 24.3 Å². The number of hydrazine groups is 1. The molecular formula is C8H8ClN3OS. The van der Waals surface area contributed by atoms with Gasteiger partial charge in [-0.25, -0.2) is 5.84 Å². The van der Waals surface area contributed by atoms with E-state index in [1.54, 1.807) is 24.3 Å². The molecule has 14 heavy (non-hydrogen) atoms. The van der Waals surface area contributed by atoms with E-state index in [1.165, 1.54) is 0 Å². The van der Waals surface area contributed by atoms with Crippen LogP contribution in [0.1, 0.15) is 0 Å². The highest BCUT2D eigenvalue weighted by Gasteiger charge is 2.06. The van der Waals surface area contributed by atoms with E-state index in [0.717, 1.165) is 0 Å². The molecule has 1 aromatic carbocycles. The topological polar surface area (TPSA) is 67.1 Å². The van der Waals surface area contributed by atoms with Gasteiger partial charge in [0, 0.05) is 10.7 Å². The summed E-state index contributed by atoms with van der Waals surface area (Å²) in [4.78, 5) is 11.1. The van der Waals surface area contributed by atoms with Gasteiger partial charge in [-0.1, -0.05) is 23.8 Å². The number of carbonyl (C=O) groups excluding carboxylic acids is 1. The van der Waals surface area contributed by atoms with Crippen LogP contribution in [0.5, 0.6) is 0 Å². The van der Waals surface area contributed by atoms with Gasteiger partial charge in [0.2, 0.25) is 0 Å². The largest absolute Gasteiger partial charge is 0.320 e. The number of hydrogen-bond donors (Lipinski definition) is 3. The van der Waals surface area contributed by atoms with Crippen molar-refractivity contribution in [3.05, 3.63) is 29.3 Å². The van der Waals surface area contributed by atoms with Crippen LogP contribution in [0.2, 0.25) is 5.02 Å². The molecule has 4 N–H and O–H groups in total. The number of anilines is 1. The van der Waals surface area contributed by atoms with Crippen molar-refractivity contribution in [3.8, 4) is 0 Å². The number of hydrogen-bond acceptors (Lipinski definition) is 3. The highest BCUT2D eigenvalue weighted by molar-refractivity contribution is 7.82. The second kappa shape index (κ2) is 4.90. The fourth-order valence-electron chi connectivity index (χ4n) is 0.787. The lowest BCUT2D eigenvalue weighted by atomic mass is 10.3. The fourth-order valence-corrected chi connectivity index (χ4v) is 0.964. The van der Waals surface area contributed by atoms with Gasteiger partial charge < -0.3 is 10.7 Å². The van der Waals surface area contributed by atoms with Crippen LogP contribution in [0.15, 0.2) is 24.3 Å². The first kappa shape index (κ1) is 10.9. The summed E-state index contributed by atoms with van der Waals surface area (Å²) in [5, 5.41) is 3.14. The van der Waals surface area contributed by atoms with Gasteiger partial charge in [-0.2, -0.15) is 0 Å². The van der Waals surface area contributed by atoms with Crippen LogP contribution >= 0.6 is 23.8 Å². The number of halogens is 1. The SMILES string of the molecule is NNC(=S)C(=O)Nc1ccc(Cl)cc1. The Hall–Kier alpha value is -1.17. The zero-order valence-corrected chi connectivity index (χ0v) is 8.65. The van der Waals surface area contributed by atoms with Gasteiger partial charge in [0.15, 0.2) is 4.99 Å². The van der Waals surface area contributed by atoms with Crippen molar-refractivity contribution < 1.29 is 4.79 Å². The summed E-state index contributed by atoms with van der Waals surface area (Å²) >= 11 is 10.3. The van der Waals surface area contributed by atoms with Gasteiger partial charge in [0.05, 0.1) is 0 Å². The Kier molecular flexibility index (Phi) is 3.82. The molecule has 0 aliphatic rings. The van der Waals surface area contributed by atoms with Crippen molar-refractivity contribution >= 4 is 40.4 Å². The van der Waals surface area contributed by atoms with Crippen LogP contribution in [0.3, 0.4) is 0 Å². The third-order valence-electron chi connectivity index (χ3n) is 1.44. The molecular weight excluding hydrogens is 222 g/mol. The summed E-state index contributed by atoms with van der Waals surface area (Å²) < 4.78 is 0. The van der Waals surface area contributed by atoms with Crippen molar-refractivity contribution in [2.75, 3.05) is 5.32 Å². The highest BCUT2D eigenvalue weighted by atomic mass is 35.5. The average molecular weight is 230 g/mol. The van der Waals surface area contributed by atoms with Gasteiger partial charge in [-0.3, -0.25) is 4.79 Å². The Balaban J connectivity index is 2.65. The molecule has 0 bridgehead atoms. The molecule has 0 aliphatic heterocycles. The summed E-state index contributed by atoms with van der Waals surface area (Å²) in [7, 11) is 0. The maximum Gasteiger partial charge on any atom is 0.284 e. The van der Waals surface area contributed by atoms with E-state index in [9.17, 15) is 4.79 Å². The van der Waals surface area contributed by atoms with Crippen LogP contribution in [-0.4, -0.2) is 10.9 Å². The number of nitrogens with one attached hydrogen (secondary N) is 2. The minimum Gasteiger partial charge on any atom is -0.320 e. The van der Waals surface area contributed by atoms with Crippen LogP contribution in [0.25, 0.3) is 0 Å². The van der Waals surface area contributed by atoms with E-state index in [-0.39, 0.29) is 4.99 Å². The first-order chi connectivity index (χ1) is 6.63. The molecule has 1 rings (SSSR count). The Bertz CT molecular complexity index is 352. The fraction of sp³-hybridized carbons (Fsp3) is 0. The molecule has 0 unspecified atom stereocenters. The molecule has 0 spiro atoms. The molecule has 74 valence electrons. The second-order valence-electron chi connectivity index (χ2n) is 2.43. The lowest BCUT2D eigenvalue weighted by molar-refractivity contribution is -0.110. The number of benzene rings is 1. The molecule has 6 heteroatoms. The lowest BCUT2D eigenvalue weighted by Gasteiger charge is -2.04. The standard InChI is InChI=1S/C8H8ClN3OS/c9-5-1-3-6(4-2-5)11-7(13)8(14)12-10/h1-4H,10H2,(H,11,13)(H,12,14). The smallest absolute Gasteiger partial charge is 0.284 e. The monoisotopic (exact) mass is 229 g/mol. The minimum absolute atomic E-state index is 0.0695. The third-order valence-corrected chi connectivity index (χ3v) is 1.99. The predicted octanol–water partition coefficient (Wildman–Crippen LogP) is 1.07. The molecule has 0 saturated carbocycles. The van der Waals surface area contributed by atoms with E-state index in [2.05, 4.69) is 23.0 Å². The van der Waals surface area contributed by atoms with E-state index in [1.807, 2.05) is 0 Å². The Morgan fingerprint density at radius 2 is 1.93 bits per heavy atom. The molecule has 0 aromatic heterocycles. The van der Waals surface area contributed by atoms with Gasteiger partial charge in [-0.15, -0.1) is 0 Å². The second-order valence-corrected chi connectivity index (χ2v) is 3.28. The summed E-state index contributed by atoms with van der Waals surface area (Å²) in [6.07, 6.45) is 0. The van der Waals surface area contributed by atoms with E-state index < -0.39 is 5.91 Å². The lowest BCUT2D eigenvalue weighted by Crippen LogP contribution is -2.38. The number of amides is 1. The molecule has 0 saturated heterocycles. The third kappa shape index (κ3) is 2.95. The number of carbonyl (C=O) groups is 1. The number of nitrogens with two attached hydrogens (primary N) is 1. The van der Waals surface area contributed by atoms with Gasteiger partial charge in [0.1, 0.15) is 0 Å². The summed E-state index contributed by atoms with van der Waals surface area (Å²) in [6.45, 7) is 0. The zero-order chi connectivity index (χ0) is 10.6. The molecule has 1 aromatic rings. The Morgan fingerprint density at radius 1 is 1.36 bits per heavy atom. The van der Waals surface area contributed by atoms with Crippen molar-refractivity contribution in [1.82, 2.24) is 5.43 Å². The average Bonchev–Trinajstić information content (AvgIpc) is 2.20. The van der Waals surface area contributed by atoms with E-state index >= 15 is 0 Å². The minimum atomic E-state index is -0.454. The molecule has 0 fully saturated rings. The van der Waals surface area contributed by atoms with Gasteiger partial charge >= 0.3 is 0 Å². The van der Waals surface area contributed by atoms with Crippen LogP contribution in [0.4, 0.5) is 5.69 Å². The zero-order valence-electron chi connectivity index (χ0n) is 7.08. The van der Waals surface area contributed by atoms with Crippen LogP contribution < -0.4 is 16.6 Å². The Morgan fingerprint density at radius 3 is 2.43 bits per heavy atom. The summed E-state index contributed by atoms with van der Waals surface area (Å²) in [5.74, 6) is 4.52. The van der Waals surface area contributed by atoms with E-state index in [0.29, 0.717) is 10.7 Å². The first-order valence-electron chi connectivity index (χ1n) is 3.71. The predicted molar refractivity (Wildman–Crippen MR) is 60.0 cm³/mol. The first-order valence-corrected chi connectivity index (χ1v) is 4.49. The maximum absolute atomic E-state index is 11.2. The Labute approximate surface area is 91.4 Å². The van der Waals surface area contributed by atoms with Crippen molar-refractivity contribution in [2.45, 2.75) is 0 Å². The summed E-state index contributed by atoms with van der Waals surface area (Å²) in [5.41, 5.74) is 2.70. The molecule has 4 nitrogen and oxygen atoms in total. The molecule has 0 radical (unpaired) electrons. The van der Waals surface area contributed by atoms with Crippen molar-refractivity contribution in [2.24, 2.45) is 5.84 Å². The van der Waals surface area contributed by atoms with Gasteiger partial charge in [0.25, 0.3) is 5.91 Å². The molecule has 0 atom stereocenters. The van der Waals surface area contributed by atoms with Crippen LogP contribution in [-0.2, 0) is 4.79 Å². The molecule has 0 heterocycles. The highest BCUT2D eigenvalue weighted by Crippen LogP contribution is 2.13. The maximum atomic E-state index is 11.2. The van der Waals surface area contributed by atoms with E-state index in [4.69, 9.17) is 17.4 Å². The molecule has 1 amide bonds. The van der Waals surface area contributed by atoms with Crippen molar-refractivity contribution in [1.29, 1.82) is 0 Å². The molecule has 0 aliphatic carbocycles. The summed E-state index contributed by atoms with van der Waals surface area (Å²) in [6, 6.07) is 6.66. The number of rotatable bonds is 1. The van der Waals surface area contributed by atoms with Crippen LogP contribution in [0, 0.1) is 0 Å².